The molecule has 0 aromatic carbocycles. The van der Waals surface area contributed by atoms with Gasteiger partial charge in [-0.3, -0.25) is 9.69 Å². The predicted octanol–water partition coefficient (Wildman–Crippen LogP) is 0.461. The largest absolute Gasteiger partial charge is 0.393 e. The SMILES string of the molecule is CCN(CCC(N)=S)C(C)C(=O)N(C)C. The van der Waals surface area contributed by atoms with E-state index in [4.69, 9.17) is 18.0 Å². The molecule has 0 fully saturated rings. The molecule has 0 saturated carbocycles. The summed E-state index contributed by atoms with van der Waals surface area (Å²) in [7, 11) is 3.53. The molecule has 1 amide bonds. The Morgan fingerprint density at radius 1 is 1.47 bits per heavy atom. The van der Waals surface area contributed by atoms with E-state index in [1.807, 2.05) is 13.8 Å². The molecule has 0 radical (unpaired) electrons. The van der Waals surface area contributed by atoms with Crippen LogP contribution in [0.1, 0.15) is 20.3 Å². The van der Waals surface area contributed by atoms with Crippen molar-refractivity contribution >= 4 is 23.1 Å². The third-order valence-electron chi connectivity index (χ3n) is 2.40. The molecular formula is C10H21N3OS. The topological polar surface area (TPSA) is 49.6 Å². The molecule has 0 saturated heterocycles. The highest BCUT2D eigenvalue weighted by Crippen LogP contribution is 2.03. The second-order valence-corrected chi connectivity index (χ2v) is 4.28. The highest BCUT2D eigenvalue weighted by Gasteiger charge is 2.20. The van der Waals surface area contributed by atoms with E-state index in [1.165, 1.54) is 0 Å². The van der Waals surface area contributed by atoms with Crippen molar-refractivity contribution in [1.29, 1.82) is 0 Å². The van der Waals surface area contributed by atoms with Gasteiger partial charge in [0.05, 0.1) is 11.0 Å². The Balaban J connectivity index is 4.27. The lowest BCUT2D eigenvalue weighted by atomic mass is 10.2. The van der Waals surface area contributed by atoms with Crippen molar-refractivity contribution in [2.45, 2.75) is 26.3 Å². The quantitative estimate of drug-likeness (QED) is 0.675. The Hall–Kier alpha value is -0.680. The van der Waals surface area contributed by atoms with E-state index in [0.29, 0.717) is 11.4 Å². The van der Waals surface area contributed by atoms with Gasteiger partial charge in [-0.15, -0.1) is 0 Å². The molecule has 0 aromatic heterocycles. The number of rotatable bonds is 6. The van der Waals surface area contributed by atoms with Gasteiger partial charge in [0.25, 0.3) is 0 Å². The van der Waals surface area contributed by atoms with Gasteiger partial charge in [-0.05, 0) is 13.5 Å². The molecule has 15 heavy (non-hydrogen) atoms. The number of amides is 1. The van der Waals surface area contributed by atoms with E-state index >= 15 is 0 Å². The fraction of sp³-hybridized carbons (Fsp3) is 0.800. The first-order valence-corrected chi connectivity index (χ1v) is 5.54. The van der Waals surface area contributed by atoms with Crippen molar-refractivity contribution in [3.8, 4) is 0 Å². The molecule has 88 valence electrons. The first-order chi connectivity index (χ1) is 6.90. The lowest BCUT2D eigenvalue weighted by molar-refractivity contribution is -0.133. The predicted molar refractivity (Wildman–Crippen MR) is 66.8 cm³/mol. The van der Waals surface area contributed by atoms with Crippen LogP contribution in [-0.2, 0) is 4.79 Å². The van der Waals surface area contributed by atoms with Gasteiger partial charge in [0.15, 0.2) is 0 Å². The summed E-state index contributed by atoms with van der Waals surface area (Å²) in [6.45, 7) is 5.50. The molecule has 0 rings (SSSR count). The Labute approximate surface area is 97.4 Å². The standard InChI is InChI=1S/C10H21N3OS/c1-5-13(7-6-9(11)15)8(2)10(14)12(3)4/h8H,5-7H2,1-4H3,(H2,11,15). The molecule has 0 aliphatic carbocycles. The highest BCUT2D eigenvalue weighted by atomic mass is 32.1. The molecule has 5 heteroatoms. The zero-order valence-electron chi connectivity index (χ0n) is 9.99. The molecule has 0 bridgehead atoms. The normalized spacial score (nSPS) is 12.6. The van der Waals surface area contributed by atoms with Gasteiger partial charge in [-0.1, -0.05) is 19.1 Å². The number of hydrogen-bond acceptors (Lipinski definition) is 3. The summed E-state index contributed by atoms with van der Waals surface area (Å²) < 4.78 is 0. The van der Waals surface area contributed by atoms with E-state index in [-0.39, 0.29) is 11.9 Å². The summed E-state index contributed by atoms with van der Waals surface area (Å²) in [4.78, 5) is 15.9. The zero-order chi connectivity index (χ0) is 12.0. The number of carbonyl (C=O) groups is 1. The molecule has 0 aromatic rings. The number of nitrogens with zero attached hydrogens (tertiary/aromatic N) is 2. The average molecular weight is 231 g/mol. The van der Waals surface area contributed by atoms with E-state index in [2.05, 4.69) is 4.90 Å². The van der Waals surface area contributed by atoms with Gasteiger partial charge in [-0.2, -0.15) is 0 Å². The van der Waals surface area contributed by atoms with Crippen LogP contribution in [0.25, 0.3) is 0 Å². The fourth-order valence-electron chi connectivity index (χ4n) is 1.41. The van der Waals surface area contributed by atoms with E-state index < -0.39 is 0 Å². The summed E-state index contributed by atoms with van der Waals surface area (Å²) in [5.74, 6) is 0.111. The van der Waals surface area contributed by atoms with Crippen molar-refractivity contribution < 1.29 is 4.79 Å². The van der Waals surface area contributed by atoms with Crippen LogP contribution in [0.2, 0.25) is 0 Å². The second-order valence-electron chi connectivity index (χ2n) is 3.75. The third-order valence-corrected chi connectivity index (χ3v) is 2.60. The maximum atomic E-state index is 11.7. The molecule has 4 nitrogen and oxygen atoms in total. The van der Waals surface area contributed by atoms with Gasteiger partial charge >= 0.3 is 0 Å². The summed E-state index contributed by atoms with van der Waals surface area (Å²) in [6, 6.07) is -0.112. The maximum Gasteiger partial charge on any atom is 0.239 e. The van der Waals surface area contributed by atoms with Crippen molar-refractivity contribution in [1.82, 2.24) is 9.80 Å². The van der Waals surface area contributed by atoms with E-state index in [1.54, 1.807) is 19.0 Å². The summed E-state index contributed by atoms with van der Waals surface area (Å²) >= 11 is 4.82. The smallest absolute Gasteiger partial charge is 0.239 e. The molecular weight excluding hydrogens is 210 g/mol. The number of likely N-dealkylation sites (N-methyl/N-ethyl adjacent to an activating group) is 2. The van der Waals surface area contributed by atoms with Crippen molar-refractivity contribution in [2.75, 3.05) is 27.2 Å². The van der Waals surface area contributed by atoms with Crippen LogP contribution in [0.3, 0.4) is 0 Å². The Morgan fingerprint density at radius 3 is 2.33 bits per heavy atom. The first-order valence-electron chi connectivity index (χ1n) is 5.13. The molecule has 0 heterocycles. The van der Waals surface area contributed by atoms with Crippen LogP contribution in [0.5, 0.6) is 0 Å². The molecule has 1 atom stereocenters. The minimum absolute atomic E-state index is 0.111. The molecule has 2 N–H and O–H groups in total. The zero-order valence-corrected chi connectivity index (χ0v) is 10.8. The molecule has 1 unspecified atom stereocenters. The minimum Gasteiger partial charge on any atom is -0.393 e. The monoisotopic (exact) mass is 231 g/mol. The Bertz CT molecular complexity index is 231. The van der Waals surface area contributed by atoms with Crippen molar-refractivity contribution in [3.63, 3.8) is 0 Å². The van der Waals surface area contributed by atoms with E-state index in [9.17, 15) is 4.79 Å². The van der Waals surface area contributed by atoms with Gasteiger partial charge in [0.1, 0.15) is 0 Å². The average Bonchev–Trinajstić information content (AvgIpc) is 2.16. The number of carbonyl (C=O) groups excluding carboxylic acids is 1. The van der Waals surface area contributed by atoms with Gasteiger partial charge < -0.3 is 10.6 Å². The van der Waals surface area contributed by atoms with Gasteiger partial charge in [0.2, 0.25) is 5.91 Å². The van der Waals surface area contributed by atoms with Gasteiger partial charge in [0, 0.05) is 27.1 Å². The third kappa shape index (κ3) is 5.09. The van der Waals surface area contributed by atoms with Crippen LogP contribution in [0, 0.1) is 0 Å². The van der Waals surface area contributed by atoms with Crippen LogP contribution >= 0.6 is 12.2 Å². The molecule has 0 aliphatic rings. The lowest BCUT2D eigenvalue weighted by Crippen LogP contribution is -2.45. The fourth-order valence-corrected chi connectivity index (χ4v) is 1.50. The van der Waals surface area contributed by atoms with Crippen LogP contribution in [0.4, 0.5) is 0 Å². The molecule has 0 aliphatic heterocycles. The summed E-state index contributed by atoms with van der Waals surface area (Å²) in [6.07, 6.45) is 0.661. The van der Waals surface area contributed by atoms with Crippen LogP contribution in [-0.4, -0.2) is 53.9 Å². The number of nitrogens with two attached hydrogens (primary N) is 1. The van der Waals surface area contributed by atoms with E-state index in [0.717, 1.165) is 13.1 Å². The summed E-state index contributed by atoms with van der Waals surface area (Å²) in [5.41, 5.74) is 5.44. The highest BCUT2D eigenvalue weighted by molar-refractivity contribution is 7.80. The van der Waals surface area contributed by atoms with Crippen molar-refractivity contribution in [3.05, 3.63) is 0 Å². The summed E-state index contributed by atoms with van der Waals surface area (Å²) in [5, 5.41) is 0. The Kier molecular flexibility index (Phi) is 6.43. The van der Waals surface area contributed by atoms with Crippen LogP contribution < -0.4 is 5.73 Å². The second kappa shape index (κ2) is 6.74. The maximum absolute atomic E-state index is 11.7. The number of thiocarbonyl (C=S) groups is 1. The number of hydrogen-bond donors (Lipinski definition) is 1. The molecule has 0 spiro atoms. The van der Waals surface area contributed by atoms with Crippen molar-refractivity contribution in [2.24, 2.45) is 5.73 Å². The Morgan fingerprint density at radius 2 is 2.00 bits per heavy atom. The lowest BCUT2D eigenvalue weighted by Gasteiger charge is -2.28. The van der Waals surface area contributed by atoms with Gasteiger partial charge in [-0.25, -0.2) is 0 Å². The minimum atomic E-state index is -0.112. The first kappa shape index (κ1) is 14.3. The van der Waals surface area contributed by atoms with Crippen LogP contribution in [0.15, 0.2) is 0 Å².